The Kier molecular flexibility index (Phi) is 37.1. The maximum absolute atomic E-state index is 15.7. The van der Waals surface area contributed by atoms with E-state index >= 15 is 24.0 Å². The van der Waals surface area contributed by atoms with Gasteiger partial charge in [0.2, 0.25) is 94.5 Å². The highest BCUT2D eigenvalue weighted by atomic mass is 32.2. The molecule has 0 radical (unpaired) electrons. The molecule has 4 aromatic carbocycles. The van der Waals surface area contributed by atoms with E-state index in [9.17, 15) is 67.7 Å². The number of aliphatic hydroxyl groups excluding tert-OH is 1. The summed E-state index contributed by atoms with van der Waals surface area (Å²) in [6.45, 7) is 4.38. The first kappa shape index (κ1) is 92.8. The molecular formula is C75H104N18O20S. The van der Waals surface area contributed by atoms with Gasteiger partial charge in [-0.05, 0) is 118 Å². The minimum Gasteiger partial charge on any atom is -0.492 e. The summed E-state index contributed by atoms with van der Waals surface area (Å²) in [5.74, 6) is -18.5. The normalized spacial score (nSPS) is 19.6. The Labute approximate surface area is 661 Å². The lowest BCUT2D eigenvalue weighted by Crippen LogP contribution is -2.66. The van der Waals surface area contributed by atoms with Crippen LogP contribution in [-0.4, -0.2) is 220 Å². The number of unbranched alkanes of at least 4 members (excludes halogenated alkanes) is 1. The topological polar surface area (TPSA) is 640 Å². The van der Waals surface area contributed by atoms with Gasteiger partial charge in [-0.25, -0.2) is 0 Å². The molecule has 26 N–H and O–H groups in total. The van der Waals surface area contributed by atoms with Crippen LogP contribution in [0.5, 0.6) is 5.75 Å². The van der Waals surface area contributed by atoms with Crippen molar-refractivity contribution in [1.82, 2.24) is 63.8 Å². The average Bonchev–Trinajstić information content (AvgIpc) is 0.823. The number of carboxylic acids is 1. The third-order valence-electron chi connectivity index (χ3n) is 18.2. The van der Waals surface area contributed by atoms with Crippen molar-refractivity contribution in [3.63, 3.8) is 0 Å². The van der Waals surface area contributed by atoms with Gasteiger partial charge in [0, 0.05) is 57.7 Å². The number of carboxylic acid groups (broad SMARTS) is 1. The molecule has 1 saturated heterocycles. The molecule has 12 atom stereocenters. The van der Waals surface area contributed by atoms with Gasteiger partial charge < -0.3 is 113 Å². The summed E-state index contributed by atoms with van der Waals surface area (Å²) in [6, 6.07) is 11.0. The van der Waals surface area contributed by atoms with Gasteiger partial charge in [-0.1, -0.05) is 84.9 Å². The molecule has 0 unspecified atom stereocenters. The zero-order chi connectivity index (χ0) is 84.4. The summed E-state index contributed by atoms with van der Waals surface area (Å²) in [4.78, 5) is 235. The molecular weight excluding hydrogens is 1500 g/mol. The van der Waals surface area contributed by atoms with Gasteiger partial charge in [0.1, 0.15) is 77.8 Å². The number of hydrogen-bond acceptors (Lipinski definition) is 22. The maximum atomic E-state index is 15.7. The smallest absolute Gasteiger partial charge is 0.303 e. The van der Waals surface area contributed by atoms with Crippen LogP contribution in [0.3, 0.4) is 0 Å². The molecule has 1 heterocycles. The number of nitrogens with two attached hydrogens (primary N) is 6. The number of amides is 16. The van der Waals surface area contributed by atoms with Crippen molar-refractivity contribution in [1.29, 1.82) is 0 Å². The third-order valence-corrected chi connectivity index (χ3v) is 19.3. The highest BCUT2D eigenvalue weighted by molar-refractivity contribution is 7.99. The van der Waals surface area contributed by atoms with Gasteiger partial charge in [0.25, 0.3) is 0 Å². The number of hydrogen-bond donors (Lipinski definition) is 20. The average molecular weight is 1610 g/mol. The van der Waals surface area contributed by atoms with Crippen molar-refractivity contribution >= 4 is 123 Å². The number of thioether (sulfide) groups is 1. The van der Waals surface area contributed by atoms with E-state index in [-0.39, 0.29) is 64.0 Å². The molecule has 1 aliphatic rings. The molecule has 0 aliphatic carbocycles. The number of aliphatic hydroxyl groups is 1. The fraction of sp³-hybridized carbons (Fsp3) is 0.480. The van der Waals surface area contributed by atoms with E-state index in [1.165, 1.54) is 13.8 Å². The second kappa shape index (κ2) is 45.6. The molecule has 620 valence electrons. The Morgan fingerprint density at radius 3 is 1.82 bits per heavy atom. The molecule has 1 aliphatic heterocycles. The van der Waals surface area contributed by atoms with Crippen LogP contribution >= 0.6 is 11.8 Å². The summed E-state index contributed by atoms with van der Waals surface area (Å²) in [5.41, 5.74) is 30.3. The van der Waals surface area contributed by atoms with Gasteiger partial charge in [-0.3, -0.25) is 81.5 Å². The van der Waals surface area contributed by atoms with E-state index in [0.29, 0.717) is 27.8 Å². The van der Waals surface area contributed by atoms with Crippen LogP contribution in [0.2, 0.25) is 0 Å². The van der Waals surface area contributed by atoms with Crippen molar-refractivity contribution in [2.24, 2.45) is 34.4 Å². The van der Waals surface area contributed by atoms with Gasteiger partial charge in [-0.2, -0.15) is 11.8 Å². The summed E-state index contributed by atoms with van der Waals surface area (Å²) in [6.07, 6.45) is -7.23. The number of fused-ring (bicyclic) bond motifs is 1. The Balaban J connectivity index is 1.67. The van der Waals surface area contributed by atoms with Crippen molar-refractivity contribution in [2.45, 2.75) is 189 Å². The van der Waals surface area contributed by atoms with E-state index in [2.05, 4.69) is 63.8 Å². The SMILES string of the molecule is CC(=O)N[C@H]1CCSC[C@@H](C(=O)N[C@@H](Cc2ccc(OCCN)cc2)C(=O)N[C@@H](Cc2ccc3ccccc3c2)C(=O)N[C@@](C)(CCCCN)C(=O)N[C@@H](CCC(=O)O)C(=O)N[C@@H](CC(N)=O)C(=O)NCC(N)=O)NC(=O)[C@H](CCC(N)=O)NC(=O)[C@](C)(Cc2ccccc2)NC(=O)[C@H]([C@@H](C)O)NC(=O)[C@H](CCC(N)=O)NC1=O. The lowest BCUT2D eigenvalue weighted by molar-refractivity contribution is -0.140. The van der Waals surface area contributed by atoms with Crippen LogP contribution in [0.25, 0.3) is 10.8 Å². The number of primary amides is 4. The first-order valence-corrected chi connectivity index (χ1v) is 38.0. The summed E-state index contributed by atoms with van der Waals surface area (Å²) in [5, 5.41) is 52.5. The van der Waals surface area contributed by atoms with Crippen LogP contribution in [0, 0.1) is 0 Å². The molecule has 114 heavy (non-hydrogen) atoms. The van der Waals surface area contributed by atoms with Gasteiger partial charge in [0.05, 0.1) is 19.1 Å². The van der Waals surface area contributed by atoms with E-state index in [1.807, 2.05) is 6.07 Å². The second-order valence-corrected chi connectivity index (χ2v) is 29.1. The monoisotopic (exact) mass is 1610 g/mol. The number of rotatable bonds is 39. The molecule has 0 saturated carbocycles. The number of carbonyl (C=O) groups excluding carboxylic acids is 16. The number of carbonyl (C=O) groups is 17. The van der Waals surface area contributed by atoms with E-state index in [4.69, 9.17) is 39.1 Å². The molecule has 0 spiro atoms. The van der Waals surface area contributed by atoms with Crippen molar-refractivity contribution in [2.75, 3.05) is 37.7 Å². The van der Waals surface area contributed by atoms with Crippen LogP contribution in [-0.2, 0) is 101 Å². The van der Waals surface area contributed by atoms with Gasteiger partial charge in [0.15, 0.2) is 0 Å². The second-order valence-electron chi connectivity index (χ2n) is 27.9. The maximum Gasteiger partial charge on any atom is 0.303 e. The molecule has 0 aromatic heterocycles. The first-order valence-electron chi connectivity index (χ1n) is 36.8. The standard InChI is InChI=1S/C75H104N18O20S/c1-41(94)62-71(110)93-75(4,38-44-12-6-5-7-13-44)73(112)90-50(23-26-58(79)97)65(104)88-56(40-114-33-28-52(83-42(2)95)66(105)84-49(67(106)91-62)22-25-57(78)96)69(108)85-53(35-43-17-20-48(21-18-43)113-32-31-77)68(107)86-54(36-45-16-19-46-14-8-9-15-47(46)34-45)70(109)92-74(3,29-10-11-30-76)72(111)89-51(24-27-61(100)101)64(103)87-55(37-59(80)98)63(102)82-39-60(81)99/h5-9,12-21,34,41,49-56,62,94H,10-11,22-33,35-40,76-77H2,1-4H3,(H2,78,96)(H2,79,97)(H2,80,98)(H2,81,99)(H,82,102)(H,83,95)(H,84,105)(H,85,108)(H,86,107)(H,87,103)(H,88,104)(H,89,111)(H,90,112)(H,91,106)(H,92,109)(H,93,110)(H,100,101)/t41-,49+,50+,51+,52+,53+,54+,55+,56+,62+,74+,75+/m1/s1. The molecule has 16 amide bonds. The minimum absolute atomic E-state index is 0.0889. The minimum atomic E-state index is -2.13. The molecule has 5 rings (SSSR count). The molecule has 39 heteroatoms. The largest absolute Gasteiger partial charge is 0.492 e. The Morgan fingerprint density at radius 1 is 0.623 bits per heavy atom. The number of nitrogens with one attached hydrogen (secondary N) is 12. The zero-order valence-corrected chi connectivity index (χ0v) is 64.6. The van der Waals surface area contributed by atoms with Crippen LogP contribution in [0.15, 0.2) is 97.1 Å². The Morgan fingerprint density at radius 2 is 1.22 bits per heavy atom. The molecule has 4 aromatic rings. The first-order chi connectivity index (χ1) is 53.9. The van der Waals surface area contributed by atoms with E-state index < -0.39 is 236 Å². The summed E-state index contributed by atoms with van der Waals surface area (Å²) < 4.78 is 5.70. The zero-order valence-electron chi connectivity index (χ0n) is 63.8. The van der Waals surface area contributed by atoms with Crippen molar-refractivity contribution < 1.29 is 96.5 Å². The Hall–Kier alpha value is -11.8. The third kappa shape index (κ3) is 31.0. The van der Waals surface area contributed by atoms with E-state index in [1.54, 1.807) is 91.0 Å². The fourth-order valence-corrected chi connectivity index (χ4v) is 13.1. The van der Waals surface area contributed by atoms with Gasteiger partial charge in [-0.15, -0.1) is 0 Å². The summed E-state index contributed by atoms with van der Waals surface area (Å²) >= 11 is 0.914. The van der Waals surface area contributed by atoms with Crippen molar-refractivity contribution in [3.05, 3.63) is 114 Å². The lowest BCUT2D eigenvalue weighted by Gasteiger charge is -2.34. The quantitative estimate of drug-likeness (QED) is 0.0186. The lowest BCUT2D eigenvalue weighted by atomic mass is 9.90. The predicted molar refractivity (Wildman–Crippen MR) is 415 cm³/mol. The predicted octanol–water partition coefficient (Wildman–Crippen LogP) is -5.14. The van der Waals surface area contributed by atoms with Crippen molar-refractivity contribution in [3.8, 4) is 5.75 Å². The number of ether oxygens (including phenoxy) is 1. The van der Waals surface area contributed by atoms with Crippen LogP contribution in [0.4, 0.5) is 0 Å². The molecule has 38 nitrogen and oxygen atoms in total. The van der Waals surface area contributed by atoms with Crippen LogP contribution in [0.1, 0.15) is 115 Å². The fourth-order valence-electron chi connectivity index (χ4n) is 12.0. The highest BCUT2D eigenvalue weighted by Crippen LogP contribution is 2.23. The van der Waals surface area contributed by atoms with E-state index in [0.717, 1.165) is 31.0 Å². The number of benzene rings is 4. The van der Waals surface area contributed by atoms with Crippen LogP contribution < -0.4 is 103 Å². The molecule has 0 bridgehead atoms. The summed E-state index contributed by atoms with van der Waals surface area (Å²) in [7, 11) is 0. The Bertz CT molecular complexity index is 4100. The highest BCUT2D eigenvalue weighted by Gasteiger charge is 2.44. The molecule has 1 fully saturated rings. The van der Waals surface area contributed by atoms with Gasteiger partial charge >= 0.3 is 5.97 Å². The number of aliphatic carboxylic acids is 1.